The maximum atomic E-state index is 11.2. The molecular formula is C12H12O2S. The normalized spacial score (nSPS) is 11.9. The fourth-order valence-electron chi connectivity index (χ4n) is 1.58. The summed E-state index contributed by atoms with van der Waals surface area (Å²) >= 11 is 1.59. The number of carboxylic acid groups (broad SMARTS) is 1. The lowest BCUT2D eigenvalue weighted by Crippen LogP contribution is -2.28. The first-order valence-electron chi connectivity index (χ1n) is 4.73. The Labute approximate surface area is 92.2 Å². The topological polar surface area (TPSA) is 37.3 Å². The number of hydrogen-bond donors (Lipinski definition) is 1. The third-order valence-electron chi connectivity index (χ3n) is 2.69. The number of benzene rings is 1. The van der Waals surface area contributed by atoms with Gasteiger partial charge in [0.05, 0.1) is 5.41 Å². The lowest BCUT2D eigenvalue weighted by Gasteiger charge is -2.18. The highest BCUT2D eigenvalue weighted by Crippen LogP contribution is 2.34. The van der Waals surface area contributed by atoms with Crippen molar-refractivity contribution in [3.05, 3.63) is 35.2 Å². The first-order valence-corrected chi connectivity index (χ1v) is 5.61. The fourth-order valence-corrected chi connectivity index (χ4v) is 2.71. The van der Waals surface area contributed by atoms with Crippen LogP contribution in [0.1, 0.15) is 19.4 Å². The van der Waals surface area contributed by atoms with Gasteiger partial charge in [-0.2, -0.15) is 0 Å². The van der Waals surface area contributed by atoms with E-state index in [2.05, 4.69) is 0 Å². The monoisotopic (exact) mass is 220 g/mol. The van der Waals surface area contributed by atoms with E-state index in [0.717, 1.165) is 15.6 Å². The van der Waals surface area contributed by atoms with Crippen LogP contribution in [0.3, 0.4) is 0 Å². The predicted molar refractivity (Wildman–Crippen MR) is 62.5 cm³/mol. The van der Waals surface area contributed by atoms with E-state index < -0.39 is 11.4 Å². The van der Waals surface area contributed by atoms with Gasteiger partial charge in [-0.3, -0.25) is 4.79 Å². The zero-order valence-electron chi connectivity index (χ0n) is 8.65. The van der Waals surface area contributed by atoms with Gasteiger partial charge in [-0.05, 0) is 36.2 Å². The van der Waals surface area contributed by atoms with Gasteiger partial charge in [0.2, 0.25) is 0 Å². The summed E-state index contributed by atoms with van der Waals surface area (Å²) in [4.78, 5) is 11.2. The number of rotatable bonds is 2. The summed E-state index contributed by atoms with van der Waals surface area (Å²) < 4.78 is 1.14. The minimum Gasteiger partial charge on any atom is -0.481 e. The second-order valence-electron chi connectivity index (χ2n) is 4.08. The summed E-state index contributed by atoms with van der Waals surface area (Å²) in [5.74, 6) is -0.786. The Morgan fingerprint density at radius 2 is 2.00 bits per heavy atom. The van der Waals surface area contributed by atoms with E-state index in [4.69, 9.17) is 0 Å². The molecule has 2 nitrogen and oxygen atoms in total. The Balaban J connectivity index is 2.67. The first-order chi connectivity index (χ1) is 7.03. The van der Waals surface area contributed by atoms with Crippen molar-refractivity contribution in [2.75, 3.05) is 0 Å². The van der Waals surface area contributed by atoms with Crippen LogP contribution >= 0.6 is 11.3 Å². The van der Waals surface area contributed by atoms with Crippen molar-refractivity contribution in [1.82, 2.24) is 0 Å². The Hall–Kier alpha value is -1.35. The molecule has 1 N–H and O–H groups in total. The van der Waals surface area contributed by atoms with E-state index in [1.54, 1.807) is 25.2 Å². The van der Waals surface area contributed by atoms with E-state index in [1.807, 2.05) is 29.6 Å². The number of carboxylic acids is 1. The highest BCUT2D eigenvalue weighted by atomic mass is 32.1. The molecule has 0 amide bonds. The van der Waals surface area contributed by atoms with E-state index in [-0.39, 0.29) is 0 Å². The molecule has 0 aliphatic carbocycles. The Morgan fingerprint density at radius 3 is 2.67 bits per heavy atom. The second-order valence-corrected chi connectivity index (χ2v) is 4.99. The van der Waals surface area contributed by atoms with Crippen LogP contribution in [0.2, 0.25) is 0 Å². The van der Waals surface area contributed by atoms with E-state index in [9.17, 15) is 9.90 Å². The second kappa shape index (κ2) is 3.35. The lowest BCUT2D eigenvalue weighted by molar-refractivity contribution is -0.142. The van der Waals surface area contributed by atoms with E-state index in [0.29, 0.717) is 0 Å². The summed E-state index contributed by atoms with van der Waals surface area (Å²) in [5.41, 5.74) is 0.0789. The molecule has 0 aliphatic heterocycles. The van der Waals surface area contributed by atoms with Crippen LogP contribution in [-0.2, 0) is 10.2 Å². The Kier molecular flexibility index (Phi) is 2.27. The highest BCUT2D eigenvalue weighted by molar-refractivity contribution is 7.17. The molecule has 0 saturated heterocycles. The van der Waals surface area contributed by atoms with Crippen LogP contribution in [0.5, 0.6) is 0 Å². The van der Waals surface area contributed by atoms with Crippen LogP contribution in [0.4, 0.5) is 0 Å². The van der Waals surface area contributed by atoms with Crippen LogP contribution in [0, 0.1) is 0 Å². The van der Waals surface area contributed by atoms with Gasteiger partial charge in [0.1, 0.15) is 0 Å². The number of fused-ring (bicyclic) bond motifs is 1. The molecule has 0 radical (unpaired) electrons. The molecule has 1 heterocycles. The third-order valence-corrected chi connectivity index (χ3v) is 3.65. The third kappa shape index (κ3) is 1.53. The van der Waals surface area contributed by atoms with Crippen LogP contribution in [0.25, 0.3) is 10.1 Å². The Morgan fingerprint density at radius 1 is 1.33 bits per heavy atom. The molecule has 2 rings (SSSR count). The summed E-state index contributed by atoms with van der Waals surface area (Å²) in [5, 5.41) is 12.2. The van der Waals surface area contributed by atoms with Gasteiger partial charge in [-0.15, -0.1) is 11.3 Å². The highest BCUT2D eigenvalue weighted by Gasteiger charge is 2.31. The number of aliphatic carboxylic acids is 1. The number of hydrogen-bond acceptors (Lipinski definition) is 2. The average Bonchev–Trinajstić information content (AvgIpc) is 2.61. The van der Waals surface area contributed by atoms with Crippen molar-refractivity contribution in [2.24, 2.45) is 0 Å². The molecule has 0 bridgehead atoms. The van der Waals surface area contributed by atoms with Gasteiger partial charge in [0.25, 0.3) is 0 Å². The standard InChI is InChI=1S/C12H12O2S/c1-12(2,11(13)14)9-7-15-10-6-4-3-5-8(9)10/h3-7H,1-2H3,(H,13,14). The molecule has 78 valence electrons. The molecular weight excluding hydrogens is 208 g/mol. The van der Waals surface area contributed by atoms with Gasteiger partial charge >= 0.3 is 5.97 Å². The van der Waals surface area contributed by atoms with Crippen molar-refractivity contribution in [3.63, 3.8) is 0 Å². The summed E-state index contributed by atoms with van der Waals surface area (Å²) in [6.45, 7) is 3.48. The predicted octanol–water partition coefficient (Wildman–Crippen LogP) is 3.26. The molecule has 0 aliphatic rings. The number of thiophene rings is 1. The molecule has 3 heteroatoms. The van der Waals surface area contributed by atoms with Gasteiger partial charge in [0, 0.05) is 4.70 Å². The minimum absolute atomic E-state index is 0.786. The summed E-state index contributed by atoms with van der Waals surface area (Å²) in [6, 6.07) is 7.90. The van der Waals surface area contributed by atoms with Gasteiger partial charge in [0.15, 0.2) is 0 Å². The maximum Gasteiger partial charge on any atom is 0.313 e. The quantitative estimate of drug-likeness (QED) is 0.843. The van der Waals surface area contributed by atoms with E-state index in [1.165, 1.54) is 0 Å². The van der Waals surface area contributed by atoms with Crippen LogP contribution in [0.15, 0.2) is 29.6 Å². The minimum atomic E-state index is -0.820. The molecule has 0 saturated carbocycles. The number of carbonyl (C=O) groups is 1. The zero-order chi connectivity index (χ0) is 11.1. The molecule has 0 unspecified atom stereocenters. The average molecular weight is 220 g/mol. The van der Waals surface area contributed by atoms with Crippen molar-refractivity contribution in [3.8, 4) is 0 Å². The molecule has 1 aromatic carbocycles. The van der Waals surface area contributed by atoms with Gasteiger partial charge in [-0.25, -0.2) is 0 Å². The maximum absolute atomic E-state index is 11.2. The van der Waals surface area contributed by atoms with E-state index >= 15 is 0 Å². The largest absolute Gasteiger partial charge is 0.481 e. The molecule has 1 aromatic heterocycles. The van der Waals surface area contributed by atoms with Crippen molar-refractivity contribution in [2.45, 2.75) is 19.3 Å². The van der Waals surface area contributed by atoms with Crippen molar-refractivity contribution < 1.29 is 9.90 Å². The van der Waals surface area contributed by atoms with Crippen LogP contribution < -0.4 is 0 Å². The molecule has 0 spiro atoms. The van der Waals surface area contributed by atoms with Crippen LogP contribution in [-0.4, -0.2) is 11.1 Å². The summed E-state index contributed by atoms with van der Waals surface area (Å²) in [7, 11) is 0. The van der Waals surface area contributed by atoms with Gasteiger partial charge in [-0.1, -0.05) is 18.2 Å². The summed E-state index contributed by atoms with van der Waals surface area (Å²) in [6.07, 6.45) is 0. The van der Waals surface area contributed by atoms with Gasteiger partial charge < -0.3 is 5.11 Å². The smallest absolute Gasteiger partial charge is 0.313 e. The van der Waals surface area contributed by atoms with Crippen molar-refractivity contribution in [1.29, 1.82) is 0 Å². The molecule has 0 atom stereocenters. The molecule has 0 fully saturated rings. The lowest BCUT2D eigenvalue weighted by atomic mass is 9.85. The molecule has 15 heavy (non-hydrogen) atoms. The van der Waals surface area contributed by atoms with Crippen molar-refractivity contribution >= 4 is 27.4 Å². The Bertz CT molecular complexity index is 511. The fraction of sp³-hybridized carbons (Fsp3) is 0.250. The SMILES string of the molecule is CC(C)(C(=O)O)c1csc2ccccc12. The zero-order valence-corrected chi connectivity index (χ0v) is 9.47. The first kappa shape index (κ1) is 10.2. The molecule has 2 aromatic rings.